The van der Waals surface area contributed by atoms with Crippen LogP contribution in [0.5, 0.6) is 0 Å². The third kappa shape index (κ3) is 6.26. The number of benzene rings is 2. The Hall–Kier alpha value is -3.13. The molecule has 0 unspecified atom stereocenters. The summed E-state index contributed by atoms with van der Waals surface area (Å²) in [6.07, 6.45) is 5.71. The Bertz CT molecular complexity index is 1140. The maximum absolute atomic E-state index is 12.6. The van der Waals surface area contributed by atoms with Crippen molar-refractivity contribution in [3.63, 3.8) is 0 Å². The number of anilines is 1. The van der Waals surface area contributed by atoms with Crippen molar-refractivity contribution < 1.29 is 9.59 Å². The molecule has 1 aliphatic rings. The van der Waals surface area contributed by atoms with Crippen molar-refractivity contribution in [2.75, 3.05) is 11.1 Å². The van der Waals surface area contributed by atoms with E-state index in [1.54, 1.807) is 12.1 Å². The molecule has 0 aliphatic heterocycles. The van der Waals surface area contributed by atoms with Gasteiger partial charge >= 0.3 is 0 Å². The normalized spacial score (nSPS) is 14.1. The summed E-state index contributed by atoms with van der Waals surface area (Å²) in [5.74, 6) is 0.858. The molecular weight excluding hydrogens is 446 g/mol. The quantitative estimate of drug-likeness (QED) is 0.458. The average molecular weight is 478 g/mol. The van der Waals surface area contributed by atoms with Gasteiger partial charge < -0.3 is 15.2 Å². The van der Waals surface area contributed by atoms with Gasteiger partial charge in [-0.05, 0) is 56.0 Å². The van der Waals surface area contributed by atoms with Crippen LogP contribution in [0.3, 0.4) is 0 Å². The molecule has 3 aromatic rings. The Kier molecular flexibility index (Phi) is 8.00. The molecule has 0 saturated heterocycles. The molecule has 7 nitrogen and oxygen atoms in total. The van der Waals surface area contributed by atoms with E-state index in [2.05, 4.69) is 33.0 Å². The fourth-order valence-corrected chi connectivity index (χ4v) is 4.98. The van der Waals surface area contributed by atoms with Crippen molar-refractivity contribution in [1.29, 1.82) is 0 Å². The number of thioether (sulfide) groups is 1. The Balaban J connectivity index is 1.32. The molecule has 4 rings (SSSR count). The highest BCUT2D eigenvalue weighted by molar-refractivity contribution is 7.99. The van der Waals surface area contributed by atoms with Gasteiger partial charge in [-0.3, -0.25) is 9.59 Å². The fourth-order valence-electron chi connectivity index (χ4n) is 4.19. The zero-order valence-corrected chi connectivity index (χ0v) is 20.5. The number of nitrogens with zero attached hydrogens (tertiary/aromatic N) is 3. The van der Waals surface area contributed by atoms with Gasteiger partial charge in [-0.2, -0.15) is 0 Å². The van der Waals surface area contributed by atoms with Crippen LogP contribution in [-0.2, 0) is 11.3 Å². The van der Waals surface area contributed by atoms with Crippen LogP contribution in [0.4, 0.5) is 5.69 Å². The van der Waals surface area contributed by atoms with Crippen LogP contribution in [0.1, 0.15) is 59.4 Å². The molecular formula is C26H31N5O2S. The predicted molar refractivity (Wildman–Crippen MR) is 135 cm³/mol. The summed E-state index contributed by atoms with van der Waals surface area (Å²) < 4.78 is 2.01. The number of aromatic nitrogens is 3. The molecule has 0 bridgehead atoms. The van der Waals surface area contributed by atoms with Crippen LogP contribution < -0.4 is 10.6 Å². The van der Waals surface area contributed by atoms with Gasteiger partial charge in [0.25, 0.3) is 5.91 Å². The summed E-state index contributed by atoms with van der Waals surface area (Å²) >= 11 is 1.36. The van der Waals surface area contributed by atoms with Crippen molar-refractivity contribution in [3.8, 4) is 0 Å². The Morgan fingerprint density at radius 2 is 1.79 bits per heavy atom. The summed E-state index contributed by atoms with van der Waals surface area (Å²) in [5, 5.41) is 15.2. The summed E-state index contributed by atoms with van der Waals surface area (Å²) in [6, 6.07) is 15.8. The molecule has 34 heavy (non-hydrogen) atoms. The second kappa shape index (κ2) is 11.3. The van der Waals surface area contributed by atoms with Crippen LogP contribution in [0.25, 0.3) is 0 Å². The minimum atomic E-state index is -0.126. The van der Waals surface area contributed by atoms with Crippen molar-refractivity contribution in [1.82, 2.24) is 20.1 Å². The van der Waals surface area contributed by atoms with Gasteiger partial charge in [-0.15, -0.1) is 10.2 Å². The number of amides is 2. The van der Waals surface area contributed by atoms with E-state index < -0.39 is 0 Å². The molecule has 0 atom stereocenters. The fraction of sp³-hybridized carbons (Fsp3) is 0.385. The van der Waals surface area contributed by atoms with Crippen LogP contribution in [0.15, 0.2) is 53.7 Å². The number of aryl methyl sites for hydroxylation is 2. The van der Waals surface area contributed by atoms with E-state index in [9.17, 15) is 9.59 Å². The molecule has 0 radical (unpaired) electrons. The number of carbonyl (C=O) groups is 2. The molecule has 2 amide bonds. The van der Waals surface area contributed by atoms with Gasteiger partial charge in [0.15, 0.2) is 5.16 Å². The molecule has 2 N–H and O–H groups in total. The molecule has 1 heterocycles. The molecule has 0 spiro atoms. The van der Waals surface area contributed by atoms with Crippen molar-refractivity contribution >= 4 is 29.3 Å². The maximum atomic E-state index is 12.6. The molecule has 1 saturated carbocycles. The van der Waals surface area contributed by atoms with Crippen LogP contribution in [0, 0.1) is 13.8 Å². The average Bonchev–Trinajstić information content (AvgIpc) is 3.19. The number of hydrogen-bond acceptors (Lipinski definition) is 5. The van der Waals surface area contributed by atoms with Crippen LogP contribution in [-0.4, -0.2) is 38.4 Å². The van der Waals surface area contributed by atoms with E-state index in [0.717, 1.165) is 29.8 Å². The highest BCUT2D eigenvalue weighted by Crippen LogP contribution is 2.22. The first-order valence-corrected chi connectivity index (χ1v) is 12.8. The third-order valence-electron chi connectivity index (χ3n) is 6.12. The highest BCUT2D eigenvalue weighted by atomic mass is 32.2. The summed E-state index contributed by atoms with van der Waals surface area (Å²) in [5.41, 5.74) is 3.35. The lowest BCUT2D eigenvalue weighted by atomic mass is 9.95. The minimum absolute atomic E-state index is 0.0449. The lowest BCUT2D eigenvalue weighted by Gasteiger charge is -2.23. The molecule has 1 aromatic heterocycles. The smallest absolute Gasteiger partial charge is 0.251 e. The first-order chi connectivity index (χ1) is 16.5. The third-order valence-corrected chi connectivity index (χ3v) is 7.09. The standard InChI is InChI=1S/C26H31N5O2S/c1-18-15-21(25(33)27-22-11-7-4-8-12-22)13-14-23(18)28-24(32)17-34-26-30-29-19(2)31(26)16-20-9-5-3-6-10-20/h3,5-6,9-10,13-15,22H,4,7-8,11-12,16-17H2,1-2H3,(H,27,33)(H,28,32). The molecule has 1 aliphatic carbocycles. The topological polar surface area (TPSA) is 88.9 Å². The van der Waals surface area contributed by atoms with Crippen molar-refractivity contribution in [2.45, 2.75) is 63.7 Å². The van der Waals surface area contributed by atoms with Gasteiger partial charge in [0.1, 0.15) is 5.82 Å². The second-order valence-corrected chi connectivity index (χ2v) is 9.72. The van der Waals surface area contributed by atoms with Crippen molar-refractivity contribution in [3.05, 3.63) is 71.0 Å². The van der Waals surface area contributed by atoms with Crippen molar-refractivity contribution in [2.24, 2.45) is 0 Å². The molecule has 8 heteroatoms. The SMILES string of the molecule is Cc1cc(C(=O)NC2CCCCC2)ccc1NC(=O)CSc1nnc(C)n1Cc1ccccc1. The zero-order chi connectivity index (χ0) is 23.9. The monoisotopic (exact) mass is 477 g/mol. The summed E-state index contributed by atoms with van der Waals surface area (Å²) in [4.78, 5) is 25.2. The Morgan fingerprint density at radius 3 is 2.53 bits per heavy atom. The van der Waals surface area contributed by atoms with Gasteiger partial charge in [-0.1, -0.05) is 61.4 Å². The van der Waals surface area contributed by atoms with Crippen LogP contribution >= 0.6 is 11.8 Å². The maximum Gasteiger partial charge on any atom is 0.251 e. The van der Waals surface area contributed by atoms with Gasteiger partial charge in [-0.25, -0.2) is 0 Å². The lowest BCUT2D eigenvalue weighted by Crippen LogP contribution is -2.36. The predicted octanol–water partition coefficient (Wildman–Crippen LogP) is 4.74. The van der Waals surface area contributed by atoms with E-state index in [0.29, 0.717) is 23.0 Å². The van der Waals surface area contributed by atoms with E-state index in [1.807, 2.05) is 42.7 Å². The van der Waals surface area contributed by atoms with Gasteiger partial charge in [0, 0.05) is 17.3 Å². The number of carbonyl (C=O) groups excluding carboxylic acids is 2. The summed E-state index contributed by atoms with van der Waals surface area (Å²) in [6.45, 7) is 4.47. The van der Waals surface area contributed by atoms with Gasteiger partial charge in [0.05, 0.1) is 12.3 Å². The lowest BCUT2D eigenvalue weighted by molar-refractivity contribution is -0.113. The molecule has 1 fully saturated rings. The first-order valence-electron chi connectivity index (χ1n) is 11.8. The Morgan fingerprint density at radius 1 is 1.03 bits per heavy atom. The molecule has 178 valence electrons. The number of rotatable bonds is 8. The number of hydrogen-bond donors (Lipinski definition) is 2. The second-order valence-electron chi connectivity index (χ2n) is 8.78. The van der Waals surface area contributed by atoms with E-state index in [-0.39, 0.29) is 23.6 Å². The van der Waals surface area contributed by atoms with E-state index >= 15 is 0 Å². The van der Waals surface area contributed by atoms with Gasteiger partial charge in [0.2, 0.25) is 5.91 Å². The Labute approximate surface area is 204 Å². The number of nitrogens with one attached hydrogen (secondary N) is 2. The van der Waals surface area contributed by atoms with E-state index in [1.165, 1.54) is 31.0 Å². The first kappa shape index (κ1) is 24.0. The largest absolute Gasteiger partial charge is 0.349 e. The summed E-state index contributed by atoms with van der Waals surface area (Å²) in [7, 11) is 0. The minimum Gasteiger partial charge on any atom is -0.349 e. The van der Waals surface area contributed by atoms with Crippen LogP contribution in [0.2, 0.25) is 0 Å². The zero-order valence-electron chi connectivity index (χ0n) is 19.7. The van der Waals surface area contributed by atoms with E-state index in [4.69, 9.17) is 0 Å². The molecule has 2 aromatic carbocycles. The highest BCUT2D eigenvalue weighted by Gasteiger charge is 2.18.